The summed E-state index contributed by atoms with van der Waals surface area (Å²) < 4.78 is 6.39. The van der Waals surface area contributed by atoms with Crippen molar-refractivity contribution in [1.82, 2.24) is 4.90 Å². The molecule has 1 N–H and O–H groups in total. The highest BCUT2D eigenvalue weighted by Crippen LogP contribution is 2.26. The summed E-state index contributed by atoms with van der Waals surface area (Å²) >= 11 is 3.60. The molecule has 3 nitrogen and oxygen atoms in total. The molecule has 1 aliphatic heterocycles. The van der Waals surface area contributed by atoms with Gasteiger partial charge in [0.2, 0.25) is 0 Å². The Morgan fingerprint density at radius 3 is 2.79 bits per heavy atom. The average molecular weight is 327 g/mol. The van der Waals surface area contributed by atoms with E-state index in [1.807, 2.05) is 0 Å². The Bertz CT molecular complexity index is 403. The third-order valence-corrected chi connectivity index (χ3v) is 4.57. The van der Waals surface area contributed by atoms with Gasteiger partial charge >= 0.3 is 0 Å². The Morgan fingerprint density at radius 1 is 1.37 bits per heavy atom. The van der Waals surface area contributed by atoms with Gasteiger partial charge in [0.25, 0.3) is 0 Å². The first-order valence-corrected chi connectivity index (χ1v) is 7.68. The van der Waals surface area contributed by atoms with Crippen molar-refractivity contribution in [2.75, 3.05) is 39.1 Å². The number of likely N-dealkylation sites (tertiary alicyclic amines) is 1. The molecule has 0 spiro atoms. The summed E-state index contributed by atoms with van der Waals surface area (Å²) in [6.07, 6.45) is 2.58. The number of piperidine rings is 1. The van der Waals surface area contributed by atoms with Crippen LogP contribution in [0, 0.1) is 5.92 Å². The van der Waals surface area contributed by atoms with E-state index in [0.717, 1.165) is 16.9 Å². The molecule has 106 valence electrons. The van der Waals surface area contributed by atoms with Gasteiger partial charge in [0.1, 0.15) is 0 Å². The second kappa shape index (κ2) is 7.27. The van der Waals surface area contributed by atoms with Crippen molar-refractivity contribution >= 4 is 21.6 Å². The zero-order chi connectivity index (χ0) is 13.7. The number of methoxy groups -OCH3 is 1. The SMILES string of the molecule is COCc1c(Br)cccc1NCC1CCN(C)CC1. The highest BCUT2D eigenvalue weighted by molar-refractivity contribution is 9.10. The first-order chi connectivity index (χ1) is 9.20. The number of halogens is 1. The number of nitrogens with zero attached hydrogens (tertiary/aromatic N) is 1. The van der Waals surface area contributed by atoms with E-state index in [-0.39, 0.29) is 0 Å². The summed E-state index contributed by atoms with van der Waals surface area (Å²) in [5.74, 6) is 0.783. The fourth-order valence-electron chi connectivity index (χ4n) is 2.54. The van der Waals surface area contributed by atoms with Gasteiger partial charge in [-0.15, -0.1) is 0 Å². The first kappa shape index (κ1) is 14.8. The highest BCUT2D eigenvalue weighted by Gasteiger charge is 2.16. The van der Waals surface area contributed by atoms with Crippen molar-refractivity contribution in [2.45, 2.75) is 19.4 Å². The molecule has 0 radical (unpaired) electrons. The zero-order valence-corrected chi connectivity index (χ0v) is 13.4. The van der Waals surface area contributed by atoms with Crippen molar-refractivity contribution < 1.29 is 4.74 Å². The number of benzene rings is 1. The van der Waals surface area contributed by atoms with Crippen molar-refractivity contribution in [1.29, 1.82) is 0 Å². The number of hydrogen-bond acceptors (Lipinski definition) is 3. The Labute approximate surface area is 124 Å². The molecule has 0 bridgehead atoms. The molecule has 0 aromatic heterocycles. The maximum absolute atomic E-state index is 5.28. The lowest BCUT2D eigenvalue weighted by Gasteiger charge is -2.29. The second-order valence-electron chi connectivity index (χ2n) is 5.33. The third kappa shape index (κ3) is 4.20. The predicted molar refractivity (Wildman–Crippen MR) is 83.6 cm³/mol. The van der Waals surface area contributed by atoms with Gasteiger partial charge in [0.05, 0.1) is 6.61 Å². The van der Waals surface area contributed by atoms with Crippen LogP contribution in [0.25, 0.3) is 0 Å². The van der Waals surface area contributed by atoms with Crippen molar-refractivity contribution in [3.63, 3.8) is 0 Å². The van der Waals surface area contributed by atoms with Crippen molar-refractivity contribution in [3.05, 3.63) is 28.2 Å². The topological polar surface area (TPSA) is 24.5 Å². The lowest BCUT2D eigenvalue weighted by atomic mass is 9.97. The molecule has 1 aromatic carbocycles. The Morgan fingerprint density at radius 2 is 2.11 bits per heavy atom. The van der Waals surface area contributed by atoms with E-state index in [1.54, 1.807) is 7.11 Å². The molecule has 0 atom stereocenters. The van der Waals surface area contributed by atoms with Gasteiger partial charge in [-0.1, -0.05) is 22.0 Å². The molecular weight excluding hydrogens is 304 g/mol. The number of ether oxygens (including phenoxy) is 1. The van der Waals surface area contributed by atoms with Crippen LogP contribution in [0.15, 0.2) is 22.7 Å². The molecule has 19 heavy (non-hydrogen) atoms. The van der Waals surface area contributed by atoms with Crippen molar-refractivity contribution in [3.8, 4) is 0 Å². The molecule has 0 amide bonds. The summed E-state index contributed by atoms with van der Waals surface area (Å²) in [5.41, 5.74) is 2.40. The maximum atomic E-state index is 5.28. The van der Waals surface area contributed by atoms with E-state index >= 15 is 0 Å². The fraction of sp³-hybridized carbons (Fsp3) is 0.600. The van der Waals surface area contributed by atoms with Crippen LogP contribution in [0.5, 0.6) is 0 Å². The van der Waals surface area contributed by atoms with Gasteiger partial charge < -0.3 is 15.0 Å². The largest absolute Gasteiger partial charge is 0.384 e. The fourth-order valence-corrected chi connectivity index (χ4v) is 3.02. The van der Waals surface area contributed by atoms with Crippen LogP contribution in [0.2, 0.25) is 0 Å². The minimum Gasteiger partial charge on any atom is -0.384 e. The van der Waals surface area contributed by atoms with Gasteiger partial charge in [0.15, 0.2) is 0 Å². The standard InChI is InChI=1S/C15H23BrN2O/c1-18-8-6-12(7-9-18)10-17-15-5-3-4-14(16)13(15)11-19-2/h3-5,12,17H,6-11H2,1-2H3. The van der Waals surface area contributed by atoms with Crippen molar-refractivity contribution in [2.24, 2.45) is 5.92 Å². The first-order valence-electron chi connectivity index (χ1n) is 6.89. The van der Waals surface area contributed by atoms with Crippen LogP contribution < -0.4 is 5.32 Å². The lowest BCUT2D eigenvalue weighted by molar-refractivity contribution is 0.184. The highest BCUT2D eigenvalue weighted by atomic mass is 79.9. The average Bonchev–Trinajstić information content (AvgIpc) is 2.41. The maximum Gasteiger partial charge on any atom is 0.0744 e. The zero-order valence-electron chi connectivity index (χ0n) is 11.8. The number of rotatable bonds is 5. The van der Waals surface area contributed by atoms with Gasteiger partial charge in [-0.2, -0.15) is 0 Å². The Kier molecular flexibility index (Phi) is 5.67. The van der Waals surface area contributed by atoms with E-state index in [9.17, 15) is 0 Å². The number of anilines is 1. The molecular formula is C15H23BrN2O. The van der Waals surface area contributed by atoms with E-state index in [2.05, 4.69) is 51.4 Å². The van der Waals surface area contributed by atoms with Crippen LogP contribution in [0.1, 0.15) is 18.4 Å². The van der Waals surface area contributed by atoms with E-state index in [0.29, 0.717) is 6.61 Å². The molecule has 0 saturated carbocycles. The predicted octanol–water partition coefficient (Wildman–Crippen LogP) is 3.35. The summed E-state index contributed by atoms with van der Waals surface area (Å²) in [6, 6.07) is 6.27. The van der Waals surface area contributed by atoms with E-state index in [1.165, 1.54) is 37.2 Å². The summed E-state index contributed by atoms with van der Waals surface area (Å²) in [4.78, 5) is 2.41. The quantitative estimate of drug-likeness (QED) is 0.898. The monoisotopic (exact) mass is 326 g/mol. The molecule has 2 rings (SSSR count). The van der Waals surface area contributed by atoms with Crippen LogP contribution >= 0.6 is 15.9 Å². The Hall–Kier alpha value is -0.580. The number of nitrogens with one attached hydrogen (secondary N) is 1. The van der Waals surface area contributed by atoms with Crippen LogP contribution in [0.4, 0.5) is 5.69 Å². The second-order valence-corrected chi connectivity index (χ2v) is 6.18. The molecule has 1 heterocycles. The van der Waals surface area contributed by atoms with Gasteiger partial charge in [-0.25, -0.2) is 0 Å². The molecule has 0 aliphatic carbocycles. The minimum atomic E-state index is 0.636. The third-order valence-electron chi connectivity index (χ3n) is 3.83. The summed E-state index contributed by atoms with van der Waals surface area (Å²) in [5, 5.41) is 3.59. The van der Waals surface area contributed by atoms with Gasteiger partial charge in [0, 0.05) is 29.4 Å². The molecule has 1 aliphatic rings. The smallest absolute Gasteiger partial charge is 0.0744 e. The molecule has 1 saturated heterocycles. The normalized spacial score (nSPS) is 17.6. The number of hydrogen-bond donors (Lipinski definition) is 1. The van der Waals surface area contributed by atoms with E-state index in [4.69, 9.17) is 4.74 Å². The lowest BCUT2D eigenvalue weighted by Crippen LogP contribution is -2.33. The van der Waals surface area contributed by atoms with Gasteiger partial charge in [-0.05, 0) is 51.0 Å². The van der Waals surface area contributed by atoms with Gasteiger partial charge in [-0.3, -0.25) is 0 Å². The molecule has 1 aromatic rings. The summed E-state index contributed by atoms with van der Waals surface area (Å²) in [6.45, 7) is 4.13. The Balaban J connectivity index is 1.93. The van der Waals surface area contributed by atoms with Crippen LogP contribution in [0.3, 0.4) is 0 Å². The molecule has 4 heteroatoms. The molecule has 0 unspecified atom stereocenters. The van der Waals surface area contributed by atoms with Crippen LogP contribution in [-0.2, 0) is 11.3 Å². The molecule has 1 fully saturated rings. The van der Waals surface area contributed by atoms with E-state index < -0.39 is 0 Å². The summed E-state index contributed by atoms with van der Waals surface area (Å²) in [7, 11) is 3.94. The minimum absolute atomic E-state index is 0.636. The van der Waals surface area contributed by atoms with Crippen LogP contribution in [-0.4, -0.2) is 38.7 Å².